The van der Waals surface area contributed by atoms with Crippen molar-refractivity contribution in [2.75, 3.05) is 33.5 Å². The largest absolute Gasteiger partial charge is 0.496 e. The number of halogens is 3. The van der Waals surface area contributed by atoms with Crippen LogP contribution < -0.4 is 10.1 Å². The van der Waals surface area contributed by atoms with Gasteiger partial charge in [0, 0.05) is 24.7 Å². The number of ether oxygens (including phenoxy) is 3. The molecule has 9 heteroatoms. The standard InChI is InChI=1S/C24H27F3N2O4/c1-31-20-8-7-18(24(25,26)27)13-17(20)14-28-19-9-10-29(22(19)16-5-3-2-4-6-16)23(30)21-15-32-11-12-33-21/h2-8,13,19,21-22,28H,9-12,14-15H2,1H3. The van der Waals surface area contributed by atoms with Crippen molar-refractivity contribution in [3.05, 3.63) is 65.2 Å². The Hall–Kier alpha value is -2.62. The lowest BCUT2D eigenvalue weighted by atomic mass is 9.99. The van der Waals surface area contributed by atoms with Crippen LogP contribution in [0.2, 0.25) is 0 Å². The molecule has 2 heterocycles. The molecule has 2 saturated heterocycles. The minimum atomic E-state index is -4.44. The number of carbonyl (C=O) groups excluding carboxylic acids is 1. The van der Waals surface area contributed by atoms with Crippen molar-refractivity contribution in [3.8, 4) is 5.75 Å². The van der Waals surface area contributed by atoms with E-state index in [-0.39, 0.29) is 31.1 Å². The zero-order valence-corrected chi connectivity index (χ0v) is 18.3. The van der Waals surface area contributed by atoms with Crippen LogP contribution in [-0.4, -0.2) is 56.4 Å². The first-order valence-corrected chi connectivity index (χ1v) is 10.9. The van der Waals surface area contributed by atoms with Gasteiger partial charge in [0.2, 0.25) is 0 Å². The van der Waals surface area contributed by atoms with Crippen molar-refractivity contribution < 1.29 is 32.2 Å². The minimum absolute atomic E-state index is 0.135. The summed E-state index contributed by atoms with van der Waals surface area (Å²) < 4.78 is 56.0. The van der Waals surface area contributed by atoms with Gasteiger partial charge in [-0.05, 0) is 30.2 Å². The van der Waals surface area contributed by atoms with Gasteiger partial charge in [-0.2, -0.15) is 13.2 Å². The molecule has 2 aliphatic rings. The van der Waals surface area contributed by atoms with Crippen molar-refractivity contribution >= 4 is 5.91 Å². The normalized spacial score (nSPS) is 23.5. The summed E-state index contributed by atoms with van der Waals surface area (Å²) in [6, 6.07) is 12.6. The number of amides is 1. The second-order valence-electron chi connectivity index (χ2n) is 8.12. The Morgan fingerprint density at radius 3 is 2.64 bits per heavy atom. The number of hydrogen-bond donors (Lipinski definition) is 1. The van der Waals surface area contributed by atoms with Crippen molar-refractivity contribution in [1.29, 1.82) is 0 Å². The average molecular weight is 464 g/mol. The number of methoxy groups -OCH3 is 1. The van der Waals surface area contributed by atoms with Gasteiger partial charge in [-0.25, -0.2) is 0 Å². The zero-order chi connectivity index (χ0) is 23.4. The Balaban J connectivity index is 1.55. The third-order valence-electron chi connectivity index (χ3n) is 6.08. The fourth-order valence-corrected chi connectivity index (χ4v) is 4.47. The number of benzene rings is 2. The van der Waals surface area contributed by atoms with E-state index in [9.17, 15) is 18.0 Å². The summed E-state index contributed by atoms with van der Waals surface area (Å²) >= 11 is 0. The van der Waals surface area contributed by atoms with E-state index in [1.165, 1.54) is 13.2 Å². The number of alkyl halides is 3. The van der Waals surface area contributed by atoms with Crippen molar-refractivity contribution in [2.45, 2.75) is 37.3 Å². The van der Waals surface area contributed by atoms with Crippen molar-refractivity contribution in [2.24, 2.45) is 0 Å². The molecule has 3 atom stereocenters. The van der Waals surface area contributed by atoms with Gasteiger partial charge in [-0.1, -0.05) is 30.3 Å². The number of likely N-dealkylation sites (tertiary alicyclic amines) is 1. The van der Waals surface area contributed by atoms with Gasteiger partial charge in [0.05, 0.1) is 38.5 Å². The maximum absolute atomic E-state index is 13.2. The monoisotopic (exact) mass is 464 g/mol. The van der Waals surface area contributed by atoms with Crippen LogP contribution in [0.25, 0.3) is 0 Å². The molecule has 6 nitrogen and oxygen atoms in total. The highest BCUT2D eigenvalue weighted by Gasteiger charge is 2.41. The second kappa shape index (κ2) is 10.1. The van der Waals surface area contributed by atoms with E-state index in [1.54, 1.807) is 4.90 Å². The molecule has 33 heavy (non-hydrogen) atoms. The van der Waals surface area contributed by atoms with E-state index >= 15 is 0 Å². The van der Waals surface area contributed by atoms with E-state index in [2.05, 4.69) is 5.32 Å². The maximum atomic E-state index is 13.2. The van der Waals surface area contributed by atoms with Crippen LogP contribution in [0.5, 0.6) is 5.75 Å². The molecule has 0 bridgehead atoms. The van der Waals surface area contributed by atoms with Crippen LogP contribution in [-0.2, 0) is 27.0 Å². The van der Waals surface area contributed by atoms with E-state index in [0.29, 0.717) is 37.5 Å². The van der Waals surface area contributed by atoms with Crippen molar-refractivity contribution in [3.63, 3.8) is 0 Å². The smallest absolute Gasteiger partial charge is 0.416 e. The predicted molar refractivity (Wildman–Crippen MR) is 115 cm³/mol. The summed E-state index contributed by atoms with van der Waals surface area (Å²) in [5, 5.41) is 3.37. The number of hydrogen-bond acceptors (Lipinski definition) is 5. The Labute approximate surface area is 190 Å². The Morgan fingerprint density at radius 2 is 1.97 bits per heavy atom. The fraction of sp³-hybridized carbons (Fsp3) is 0.458. The van der Waals surface area contributed by atoms with E-state index in [1.807, 2.05) is 30.3 Å². The van der Waals surface area contributed by atoms with E-state index in [0.717, 1.165) is 17.7 Å². The highest BCUT2D eigenvalue weighted by molar-refractivity contribution is 5.82. The average Bonchev–Trinajstić information content (AvgIpc) is 3.26. The molecule has 0 spiro atoms. The molecule has 2 aromatic rings. The molecule has 2 aromatic carbocycles. The topological polar surface area (TPSA) is 60.0 Å². The maximum Gasteiger partial charge on any atom is 0.416 e. The van der Waals surface area contributed by atoms with Gasteiger partial charge < -0.3 is 24.4 Å². The van der Waals surface area contributed by atoms with Gasteiger partial charge in [0.25, 0.3) is 5.91 Å². The summed E-state index contributed by atoms with van der Waals surface area (Å²) in [5.74, 6) is 0.245. The highest BCUT2D eigenvalue weighted by Crippen LogP contribution is 2.35. The molecule has 178 valence electrons. The number of nitrogens with one attached hydrogen (secondary N) is 1. The molecule has 0 aliphatic carbocycles. The highest BCUT2D eigenvalue weighted by atomic mass is 19.4. The molecule has 2 aliphatic heterocycles. The quantitative estimate of drug-likeness (QED) is 0.709. The molecule has 2 fully saturated rings. The predicted octanol–water partition coefficient (Wildman–Crippen LogP) is 3.56. The molecule has 3 unspecified atom stereocenters. The second-order valence-corrected chi connectivity index (χ2v) is 8.12. The molecule has 1 amide bonds. The van der Waals surface area contributed by atoms with E-state index in [4.69, 9.17) is 14.2 Å². The summed E-state index contributed by atoms with van der Waals surface area (Å²) in [7, 11) is 1.43. The first-order valence-electron chi connectivity index (χ1n) is 10.9. The lowest BCUT2D eigenvalue weighted by Gasteiger charge is -2.33. The molecule has 0 aromatic heterocycles. The molecule has 1 N–H and O–H groups in total. The van der Waals surface area contributed by atoms with Gasteiger partial charge in [0.15, 0.2) is 6.10 Å². The molecular weight excluding hydrogens is 437 g/mol. The number of carbonyl (C=O) groups is 1. The summed E-state index contributed by atoms with van der Waals surface area (Å²) in [6.45, 7) is 1.74. The Kier molecular flexibility index (Phi) is 7.21. The lowest BCUT2D eigenvalue weighted by Crippen LogP contribution is -2.47. The van der Waals surface area contributed by atoms with Crippen LogP contribution in [0.3, 0.4) is 0 Å². The first-order chi connectivity index (χ1) is 15.9. The van der Waals surface area contributed by atoms with Gasteiger partial charge >= 0.3 is 6.18 Å². The summed E-state index contributed by atoms with van der Waals surface area (Å²) in [5.41, 5.74) is 0.638. The van der Waals surface area contributed by atoms with Crippen LogP contribution in [0.1, 0.15) is 29.2 Å². The minimum Gasteiger partial charge on any atom is -0.496 e. The molecule has 0 radical (unpaired) electrons. The van der Waals surface area contributed by atoms with Gasteiger partial charge in [0.1, 0.15) is 5.75 Å². The van der Waals surface area contributed by atoms with Crippen LogP contribution in [0.4, 0.5) is 13.2 Å². The molecule has 0 saturated carbocycles. The third-order valence-corrected chi connectivity index (χ3v) is 6.08. The lowest BCUT2D eigenvalue weighted by molar-refractivity contribution is -0.159. The molecule has 4 rings (SSSR count). The number of nitrogens with zero attached hydrogens (tertiary/aromatic N) is 1. The summed E-state index contributed by atoms with van der Waals surface area (Å²) in [4.78, 5) is 15.0. The van der Waals surface area contributed by atoms with Crippen LogP contribution >= 0.6 is 0 Å². The summed E-state index contributed by atoms with van der Waals surface area (Å²) in [6.07, 6.45) is -4.43. The Morgan fingerprint density at radius 1 is 1.18 bits per heavy atom. The SMILES string of the molecule is COc1ccc(C(F)(F)F)cc1CNC1CCN(C(=O)C2COCCO2)C1c1ccccc1. The van der Waals surface area contributed by atoms with Crippen LogP contribution in [0, 0.1) is 0 Å². The van der Waals surface area contributed by atoms with Crippen LogP contribution in [0.15, 0.2) is 48.5 Å². The molecular formula is C24H27F3N2O4. The first kappa shape index (κ1) is 23.5. The van der Waals surface area contributed by atoms with E-state index < -0.39 is 17.8 Å². The fourth-order valence-electron chi connectivity index (χ4n) is 4.47. The van der Waals surface area contributed by atoms with Crippen molar-refractivity contribution in [1.82, 2.24) is 10.2 Å². The van der Waals surface area contributed by atoms with Gasteiger partial charge in [-0.3, -0.25) is 4.79 Å². The number of rotatable bonds is 6. The third kappa shape index (κ3) is 5.31. The van der Waals surface area contributed by atoms with Gasteiger partial charge in [-0.15, -0.1) is 0 Å². The Bertz CT molecular complexity index is 948. The zero-order valence-electron chi connectivity index (χ0n) is 18.3.